The van der Waals surface area contributed by atoms with Crippen LogP contribution in [0.4, 0.5) is 5.69 Å². The van der Waals surface area contributed by atoms with E-state index in [0.717, 1.165) is 13.0 Å². The Labute approximate surface area is 91.6 Å². The Morgan fingerprint density at radius 1 is 1.20 bits per heavy atom. The van der Waals surface area contributed by atoms with E-state index in [4.69, 9.17) is 4.74 Å². The Kier molecular flexibility index (Phi) is 2.96. The molecule has 1 aliphatic heterocycles. The molecule has 1 aromatic carbocycles. The van der Waals surface area contributed by atoms with Crippen molar-refractivity contribution in [1.82, 2.24) is 0 Å². The first-order chi connectivity index (χ1) is 7.15. The van der Waals surface area contributed by atoms with Crippen LogP contribution in [0.2, 0.25) is 0 Å². The summed E-state index contributed by atoms with van der Waals surface area (Å²) in [7, 11) is 0. The number of rotatable bonds is 2. The van der Waals surface area contributed by atoms with E-state index in [1.165, 1.54) is 16.8 Å². The lowest BCUT2D eigenvalue weighted by Gasteiger charge is -2.18. The fourth-order valence-electron chi connectivity index (χ4n) is 2.19. The molecule has 0 saturated carbocycles. The minimum atomic E-state index is 0.325. The van der Waals surface area contributed by atoms with Crippen molar-refractivity contribution in [3.63, 3.8) is 0 Å². The number of aryl methyl sites for hydroxylation is 2. The van der Waals surface area contributed by atoms with Crippen LogP contribution in [0.25, 0.3) is 0 Å². The molecule has 15 heavy (non-hydrogen) atoms. The molecule has 0 spiro atoms. The minimum Gasteiger partial charge on any atom is -0.380 e. The molecular weight excluding hydrogens is 186 g/mol. The maximum Gasteiger partial charge on any atom is 0.0748 e. The molecule has 0 amide bonds. The van der Waals surface area contributed by atoms with Gasteiger partial charge in [0.2, 0.25) is 0 Å². The molecule has 0 aliphatic carbocycles. The van der Waals surface area contributed by atoms with Gasteiger partial charge in [0.25, 0.3) is 0 Å². The third-order valence-electron chi connectivity index (χ3n) is 2.95. The summed E-state index contributed by atoms with van der Waals surface area (Å²) in [4.78, 5) is 0. The first kappa shape index (κ1) is 10.5. The highest BCUT2D eigenvalue weighted by Crippen LogP contribution is 2.20. The van der Waals surface area contributed by atoms with E-state index in [-0.39, 0.29) is 0 Å². The molecule has 0 aromatic heterocycles. The van der Waals surface area contributed by atoms with Crippen molar-refractivity contribution in [2.24, 2.45) is 0 Å². The molecule has 1 aromatic rings. The third-order valence-corrected chi connectivity index (χ3v) is 2.95. The quantitative estimate of drug-likeness (QED) is 0.801. The maximum absolute atomic E-state index is 5.54. The molecule has 2 unspecified atom stereocenters. The molecule has 0 radical (unpaired) electrons. The van der Waals surface area contributed by atoms with Gasteiger partial charge in [0, 0.05) is 12.3 Å². The first-order valence-electron chi connectivity index (χ1n) is 5.61. The molecule has 1 fully saturated rings. The van der Waals surface area contributed by atoms with Crippen LogP contribution in [0.5, 0.6) is 0 Å². The fourth-order valence-corrected chi connectivity index (χ4v) is 2.19. The van der Waals surface area contributed by atoms with Crippen molar-refractivity contribution in [2.45, 2.75) is 39.3 Å². The van der Waals surface area contributed by atoms with Gasteiger partial charge in [-0.2, -0.15) is 0 Å². The molecule has 2 heteroatoms. The summed E-state index contributed by atoms with van der Waals surface area (Å²) >= 11 is 0. The van der Waals surface area contributed by atoms with Crippen molar-refractivity contribution in [3.8, 4) is 0 Å². The topological polar surface area (TPSA) is 21.3 Å². The highest BCUT2D eigenvalue weighted by molar-refractivity contribution is 5.49. The van der Waals surface area contributed by atoms with Crippen LogP contribution in [0.1, 0.15) is 24.5 Å². The van der Waals surface area contributed by atoms with Gasteiger partial charge in [-0.15, -0.1) is 0 Å². The average molecular weight is 205 g/mol. The van der Waals surface area contributed by atoms with Crippen molar-refractivity contribution < 1.29 is 4.74 Å². The number of ether oxygens (including phenoxy) is 1. The number of benzene rings is 1. The monoisotopic (exact) mass is 205 g/mol. The second kappa shape index (κ2) is 4.23. The van der Waals surface area contributed by atoms with Crippen LogP contribution in [-0.2, 0) is 4.74 Å². The zero-order valence-corrected chi connectivity index (χ0v) is 9.71. The summed E-state index contributed by atoms with van der Waals surface area (Å²) in [6.07, 6.45) is 1.43. The van der Waals surface area contributed by atoms with Crippen LogP contribution in [0, 0.1) is 13.8 Å². The zero-order chi connectivity index (χ0) is 10.8. The van der Waals surface area contributed by atoms with E-state index in [1.54, 1.807) is 0 Å². The van der Waals surface area contributed by atoms with Gasteiger partial charge in [-0.1, -0.05) is 6.07 Å². The molecule has 2 nitrogen and oxygen atoms in total. The van der Waals surface area contributed by atoms with Gasteiger partial charge in [-0.25, -0.2) is 0 Å². The molecule has 0 bridgehead atoms. The number of nitrogens with one attached hydrogen (secondary N) is 1. The summed E-state index contributed by atoms with van der Waals surface area (Å²) in [5.41, 5.74) is 3.84. The summed E-state index contributed by atoms with van der Waals surface area (Å²) < 4.78 is 5.54. The second-order valence-corrected chi connectivity index (χ2v) is 4.49. The van der Waals surface area contributed by atoms with Gasteiger partial charge < -0.3 is 10.1 Å². The van der Waals surface area contributed by atoms with Crippen molar-refractivity contribution >= 4 is 5.69 Å². The molecule has 82 valence electrons. The highest BCUT2D eigenvalue weighted by atomic mass is 16.5. The van der Waals surface area contributed by atoms with Gasteiger partial charge in [-0.05, 0) is 50.5 Å². The molecule has 1 aliphatic rings. The highest BCUT2D eigenvalue weighted by Gasteiger charge is 2.23. The average Bonchev–Trinajstić information content (AvgIpc) is 2.50. The molecule has 2 atom stereocenters. The van der Waals surface area contributed by atoms with Crippen molar-refractivity contribution in [2.75, 3.05) is 11.9 Å². The Balaban J connectivity index is 2.10. The lowest BCUT2D eigenvalue weighted by Crippen LogP contribution is -2.26. The summed E-state index contributed by atoms with van der Waals surface area (Å²) in [5.74, 6) is 0. The van der Waals surface area contributed by atoms with Gasteiger partial charge in [0.15, 0.2) is 0 Å². The Hall–Kier alpha value is -1.02. The molecule has 1 N–H and O–H groups in total. The third kappa shape index (κ3) is 2.51. The summed E-state index contributed by atoms with van der Waals surface area (Å²) in [6.45, 7) is 7.27. The van der Waals surface area contributed by atoms with E-state index >= 15 is 0 Å². The van der Waals surface area contributed by atoms with Crippen LogP contribution >= 0.6 is 0 Å². The summed E-state index contributed by atoms with van der Waals surface area (Å²) in [5, 5.41) is 3.55. The van der Waals surface area contributed by atoms with Gasteiger partial charge in [0.1, 0.15) is 0 Å². The lowest BCUT2D eigenvalue weighted by molar-refractivity contribution is 0.121. The van der Waals surface area contributed by atoms with Crippen LogP contribution in [0.15, 0.2) is 18.2 Å². The van der Waals surface area contributed by atoms with Crippen LogP contribution < -0.4 is 5.32 Å². The Bertz CT molecular complexity index is 328. The molecule has 1 heterocycles. The van der Waals surface area contributed by atoms with E-state index < -0.39 is 0 Å². The summed E-state index contributed by atoms with van der Waals surface area (Å²) in [6, 6.07) is 7.04. The number of hydrogen-bond donors (Lipinski definition) is 1. The maximum atomic E-state index is 5.54. The van der Waals surface area contributed by atoms with Gasteiger partial charge >= 0.3 is 0 Å². The van der Waals surface area contributed by atoms with Gasteiger partial charge in [-0.3, -0.25) is 0 Å². The van der Waals surface area contributed by atoms with Crippen LogP contribution in [-0.4, -0.2) is 18.8 Å². The number of anilines is 1. The number of hydrogen-bond acceptors (Lipinski definition) is 2. The largest absolute Gasteiger partial charge is 0.380 e. The molecule has 1 saturated heterocycles. The van der Waals surface area contributed by atoms with E-state index in [0.29, 0.717) is 12.1 Å². The second-order valence-electron chi connectivity index (χ2n) is 4.49. The minimum absolute atomic E-state index is 0.325. The molecule has 2 rings (SSSR count). The first-order valence-corrected chi connectivity index (χ1v) is 5.61. The predicted octanol–water partition coefficient (Wildman–Crippen LogP) is 2.89. The van der Waals surface area contributed by atoms with Crippen molar-refractivity contribution in [1.29, 1.82) is 0 Å². The smallest absolute Gasteiger partial charge is 0.0748 e. The zero-order valence-electron chi connectivity index (χ0n) is 9.71. The lowest BCUT2D eigenvalue weighted by atomic mass is 10.1. The normalized spacial score (nSPS) is 25.5. The standard InChI is InChI=1S/C13H19NO/c1-9-6-10(2)8-12(7-9)14-13-4-5-15-11(13)3/h6-8,11,13-14H,4-5H2,1-3H3. The van der Waals surface area contributed by atoms with Crippen LogP contribution in [0.3, 0.4) is 0 Å². The molecular formula is C13H19NO. The fraction of sp³-hybridized carbons (Fsp3) is 0.538. The van der Waals surface area contributed by atoms with Crippen molar-refractivity contribution in [3.05, 3.63) is 29.3 Å². The predicted molar refractivity (Wildman–Crippen MR) is 63.4 cm³/mol. The van der Waals surface area contributed by atoms with E-state index in [1.807, 2.05) is 0 Å². The Morgan fingerprint density at radius 3 is 2.40 bits per heavy atom. The van der Waals surface area contributed by atoms with Gasteiger partial charge in [0.05, 0.1) is 12.1 Å². The van der Waals surface area contributed by atoms with E-state index in [9.17, 15) is 0 Å². The Morgan fingerprint density at radius 2 is 1.87 bits per heavy atom. The SMILES string of the molecule is Cc1cc(C)cc(NC2CCOC2C)c1. The van der Waals surface area contributed by atoms with E-state index in [2.05, 4.69) is 44.3 Å².